The number of carbonyl (C=O) groups excluding carboxylic acids is 4. The normalized spacial score (nSPS) is 9.22. The van der Waals surface area contributed by atoms with Crippen LogP contribution >= 0.6 is 0 Å². The van der Waals surface area contributed by atoms with Gasteiger partial charge in [0.05, 0.1) is 23.9 Å². The van der Waals surface area contributed by atoms with Crippen molar-refractivity contribution in [1.82, 2.24) is 15.0 Å². The van der Waals surface area contributed by atoms with E-state index in [4.69, 9.17) is 0 Å². The molecule has 0 radical (unpaired) electrons. The zero-order chi connectivity index (χ0) is 24.3. The maximum atomic E-state index is 11.1. The van der Waals surface area contributed by atoms with Crippen LogP contribution in [-0.4, -0.2) is 38.8 Å². The number of carbonyl (C=O) groups is 4. The summed E-state index contributed by atoms with van der Waals surface area (Å²) in [5.41, 5.74) is -1.75. The van der Waals surface area contributed by atoms with Crippen molar-refractivity contribution in [3.8, 4) is 0 Å². The number of benzene rings is 2. The van der Waals surface area contributed by atoms with Gasteiger partial charge in [-0.25, -0.2) is 0 Å². The van der Waals surface area contributed by atoms with Crippen LogP contribution in [0.25, 0.3) is 0 Å². The molecule has 13 nitrogen and oxygen atoms in total. The number of hydrogen-bond acceptors (Lipinski definition) is 13. The number of nitrogens with zero attached hydrogens (tertiary/aromatic N) is 3. The van der Waals surface area contributed by atoms with Gasteiger partial charge in [-0.05, 0) is 65.6 Å². The predicted molar refractivity (Wildman–Crippen MR) is 101 cm³/mol. The minimum atomic E-state index is -1.62. The number of nitrogens with one attached hydrogen (secondary N) is 2. The molecule has 0 spiro atoms. The van der Waals surface area contributed by atoms with Crippen molar-refractivity contribution in [3.05, 3.63) is 64.5 Å². The zero-order valence-corrected chi connectivity index (χ0v) is 33.1. The van der Waals surface area contributed by atoms with E-state index in [9.17, 15) is 39.6 Å². The summed E-state index contributed by atoms with van der Waals surface area (Å²) in [6.07, 6.45) is 0. The smallest absolute Gasteiger partial charge is 0.545 e. The van der Waals surface area contributed by atoms with Crippen molar-refractivity contribution in [2.75, 3.05) is 10.6 Å². The fourth-order valence-corrected chi connectivity index (χ4v) is 2.72. The van der Waals surface area contributed by atoms with E-state index in [2.05, 4.69) is 25.6 Å². The largest absolute Gasteiger partial charge is 1.00 e. The molecule has 0 aliphatic rings. The molecule has 37 heavy (non-hydrogen) atoms. The first-order chi connectivity index (χ1) is 15.5. The maximum absolute atomic E-state index is 11.1. The van der Waals surface area contributed by atoms with E-state index in [0.29, 0.717) is 0 Å². The third kappa shape index (κ3) is 12.5. The van der Waals surface area contributed by atoms with E-state index >= 15 is 0 Å². The Hall–Kier alpha value is 1.48. The predicted octanol–water partition coefficient (Wildman–Crippen LogP) is -14.9. The summed E-state index contributed by atoms with van der Waals surface area (Å²) in [5, 5.41) is 49.8. The first kappa shape index (κ1) is 40.6. The Morgan fingerprint density at radius 1 is 0.541 bits per heavy atom. The van der Waals surface area contributed by atoms with E-state index in [-0.39, 0.29) is 235 Å². The second-order valence-corrected chi connectivity index (χ2v) is 6.53. The Morgan fingerprint density at radius 3 is 1.05 bits per heavy atom. The Bertz CT molecular complexity index is 1170. The number of anilines is 4. The molecule has 3 aromatic rings. The van der Waals surface area contributed by atoms with Gasteiger partial charge in [-0.1, -0.05) is 0 Å². The first-order valence-electron chi connectivity index (χ1n) is 8.94. The van der Waals surface area contributed by atoms with Gasteiger partial charge in [-0.15, -0.1) is 0 Å². The average molecular weight is 606 g/mol. The third-order valence-corrected chi connectivity index (χ3v) is 4.07. The van der Waals surface area contributed by atoms with Crippen LogP contribution in [0.2, 0.25) is 0 Å². The first-order valence-corrected chi connectivity index (χ1v) is 8.94. The number of rotatable bonds is 8. The van der Waals surface area contributed by atoms with Crippen molar-refractivity contribution >= 4 is 47.1 Å². The van der Waals surface area contributed by atoms with Crippen molar-refractivity contribution in [2.45, 2.75) is 6.92 Å². The number of aromatic carboxylic acids is 4. The monoisotopic (exact) mass is 605 g/mol. The molecule has 0 aliphatic carbocycles. The molecule has 3 rings (SSSR count). The van der Waals surface area contributed by atoms with E-state index in [0.717, 1.165) is 36.4 Å². The van der Waals surface area contributed by atoms with Crippen molar-refractivity contribution in [3.63, 3.8) is 0 Å². The standard InChI is InChI=1S/C20H15N5O8.4K/c1-8-21-19(23-13-4-9(15(26)27)2-10(5-13)16(28)29)25-20(22-8)24-14-6-11(17(30)31)3-12(7-14)18(32)33;;;;/h2-7H,1H3,(H,26,27)(H,28,29)(H,30,31)(H,32,33)(H2,21,22,23,24,25);;;;/q;4*+1/p-4. The molecule has 2 N–H and O–H groups in total. The Balaban J connectivity index is 0. The molecule has 0 atom stereocenters. The molecule has 0 aliphatic heterocycles. The molecule has 0 saturated carbocycles. The number of aryl methyl sites for hydroxylation is 1. The topological polar surface area (TPSA) is 223 Å². The molecule has 0 amide bonds. The molecule has 0 unspecified atom stereocenters. The van der Waals surface area contributed by atoms with E-state index < -0.39 is 46.1 Å². The molecule has 0 bridgehead atoms. The van der Waals surface area contributed by atoms with Gasteiger partial charge in [-0.2, -0.15) is 15.0 Å². The molecule has 17 heteroatoms. The van der Waals surface area contributed by atoms with Crippen LogP contribution < -0.4 is 237 Å². The molecule has 0 saturated heterocycles. The van der Waals surface area contributed by atoms with Crippen LogP contribution in [0.1, 0.15) is 47.3 Å². The molecular weight excluding hydrogens is 595 g/mol. The summed E-state index contributed by atoms with van der Waals surface area (Å²) in [6, 6.07) is 6.07. The summed E-state index contributed by atoms with van der Waals surface area (Å²) in [6.45, 7) is 1.48. The fraction of sp³-hybridized carbons (Fsp3) is 0.0500. The number of aromatic nitrogens is 3. The summed E-state index contributed by atoms with van der Waals surface area (Å²) >= 11 is 0. The summed E-state index contributed by atoms with van der Waals surface area (Å²) in [5.74, 6) is -6.60. The van der Waals surface area contributed by atoms with Crippen LogP contribution in [0.15, 0.2) is 36.4 Å². The van der Waals surface area contributed by atoms with Crippen LogP contribution in [0.4, 0.5) is 23.3 Å². The molecule has 1 heterocycles. The van der Waals surface area contributed by atoms with Gasteiger partial charge in [0.2, 0.25) is 11.9 Å². The summed E-state index contributed by atoms with van der Waals surface area (Å²) in [7, 11) is 0. The molecule has 2 aromatic carbocycles. The van der Waals surface area contributed by atoms with Crippen LogP contribution in [0.5, 0.6) is 0 Å². The van der Waals surface area contributed by atoms with Crippen LogP contribution in [0.3, 0.4) is 0 Å². The van der Waals surface area contributed by atoms with Crippen LogP contribution in [0, 0.1) is 6.92 Å². The second kappa shape index (κ2) is 18.8. The molecule has 0 fully saturated rings. The summed E-state index contributed by atoms with van der Waals surface area (Å²) < 4.78 is 0. The van der Waals surface area contributed by atoms with Gasteiger partial charge in [-0.3, -0.25) is 0 Å². The van der Waals surface area contributed by atoms with Crippen molar-refractivity contribution in [2.24, 2.45) is 0 Å². The second-order valence-electron chi connectivity index (χ2n) is 6.53. The fourth-order valence-electron chi connectivity index (χ4n) is 2.72. The Kier molecular flexibility index (Phi) is 20.7. The van der Waals surface area contributed by atoms with Crippen molar-refractivity contribution in [1.29, 1.82) is 0 Å². The van der Waals surface area contributed by atoms with E-state index in [1.807, 2.05) is 0 Å². The van der Waals surface area contributed by atoms with Crippen LogP contribution in [-0.2, 0) is 0 Å². The third-order valence-electron chi connectivity index (χ3n) is 4.07. The Morgan fingerprint density at radius 2 is 0.811 bits per heavy atom. The zero-order valence-electron chi connectivity index (χ0n) is 20.6. The molecular formula is C20H11K4N5O8. The van der Waals surface area contributed by atoms with Gasteiger partial charge in [0, 0.05) is 11.4 Å². The quantitative estimate of drug-likeness (QED) is 0.228. The molecule has 168 valence electrons. The minimum Gasteiger partial charge on any atom is -0.545 e. The van der Waals surface area contributed by atoms with Gasteiger partial charge < -0.3 is 50.2 Å². The van der Waals surface area contributed by atoms with Gasteiger partial charge >= 0.3 is 206 Å². The number of carboxylic acids is 4. The molecule has 1 aromatic heterocycles. The van der Waals surface area contributed by atoms with Gasteiger partial charge in [0.1, 0.15) is 5.82 Å². The van der Waals surface area contributed by atoms with Gasteiger partial charge in [0.15, 0.2) is 0 Å². The average Bonchev–Trinajstić information content (AvgIpc) is 2.72. The van der Waals surface area contributed by atoms with E-state index in [1.54, 1.807) is 0 Å². The number of hydrogen-bond donors (Lipinski definition) is 2. The maximum Gasteiger partial charge on any atom is 1.00 e. The summed E-state index contributed by atoms with van der Waals surface area (Å²) in [4.78, 5) is 56.6. The number of carboxylic acid groups (broad SMARTS) is 4. The van der Waals surface area contributed by atoms with Gasteiger partial charge in [0.25, 0.3) is 0 Å². The SMILES string of the molecule is Cc1nc(Nc2cc(C(=O)[O-])cc(C(=O)[O-])c2)nc(Nc2cc(C(=O)[O-])cc(C(=O)[O-])c2)n1.[K+].[K+].[K+].[K+]. The Labute approximate surface area is 380 Å². The minimum absolute atomic E-state index is 0. The van der Waals surface area contributed by atoms with E-state index in [1.165, 1.54) is 6.92 Å². The van der Waals surface area contributed by atoms with Crippen molar-refractivity contribution < 1.29 is 245 Å².